The van der Waals surface area contributed by atoms with Crippen molar-refractivity contribution >= 4 is 29.9 Å². The number of aliphatic imine (C=N–C) groups is 1. The molecule has 3 N–H and O–H groups in total. The summed E-state index contributed by atoms with van der Waals surface area (Å²) in [6, 6.07) is 8.46. The summed E-state index contributed by atoms with van der Waals surface area (Å²) in [5.41, 5.74) is 2.12. The zero-order valence-electron chi connectivity index (χ0n) is 16.6. The Bertz CT molecular complexity index is 949. The van der Waals surface area contributed by atoms with E-state index in [-0.39, 0.29) is 30.0 Å². The van der Waals surface area contributed by atoms with Gasteiger partial charge in [-0.15, -0.1) is 24.0 Å². The molecule has 29 heavy (non-hydrogen) atoms. The SMILES string of the molecule is CCNC(=NCc1cccc(-c2ncn[nH]2)c1)NC1CCc2nc(C)nn2C1.I. The molecule has 9 nitrogen and oxygen atoms in total. The highest BCUT2D eigenvalue weighted by Crippen LogP contribution is 2.16. The molecule has 4 rings (SSSR count). The molecule has 3 aromatic rings. The van der Waals surface area contributed by atoms with E-state index in [9.17, 15) is 0 Å². The van der Waals surface area contributed by atoms with Crippen molar-refractivity contribution in [1.82, 2.24) is 40.6 Å². The lowest BCUT2D eigenvalue weighted by atomic mass is 10.1. The minimum atomic E-state index is 0. The van der Waals surface area contributed by atoms with Gasteiger partial charge in [0.1, 0.15) is 18.0 Å². The number of nitrogens with one attached hydrogen (secondary N) is 3. The third kappa shape index (κ3) is 5.31. The van der Waals surface area contributed by atoms with Crippen LogP contribution in [0.15, 0.2) is 35.6 Å². The molecule has 0 radical (unpaired) electrons. The van der Waals surface area contributed by atoms with E-state index in [1.54, 1.807) is 0 Å². The maximum absolute atomic E-state index is 4.76. The van der Waals surface area contributed by atoms with E-state index in [1.807, 2.05) is 23.7 Å². The second-order valence-electron chi connectivity index (χ2n) is 6.87. The van der Waals surface area contributed by atoms with Crippen LogP contribution in [0.5, 0.6) is 0 Å². The van der Waals surface area contributed by atoms with Gasteiger partial charge < -0.3 is 10.6 Å². The molecule has 1 aromatic carbocycles. The summed E-state index contributed by atoms with van der Waals surface area (Å²) in [6.07, 6.45) is 3.46. The van der Waals surface area contributed by atoms with Gasteiger partial charge in [-0.1, -0.05) is 18.2 Å². The Kier molecular flexibility index (Phi) is 7.18. The van der Waals surface area contributed by atoms with Gasteiger partial charge in [0.2, 0.25) is 0 Å². The predicted molar refractivity (Wildman–Crippen MR) is 122 cm³/mol. The number of H-pyrrole nitrogens is 1. The van der Waals surface area contributed by atoms with Crippen LogP contribution < -0.4 is 10.6 Å². The summed E-state index contributed by atoms with van der Waals surface area (Å²) < 4.78 is 2.00. The summed E-state index contributed by atoms with van der Waals surface area (Å²) >= 11 is 0. The van der Waals surface area contributed by atoms with E-state index in [0.29, 0.717) is 6.54 Å². The highest BCUT2D eigenvalue weighted by atomic mass is 127. The standard InChI is InChI=1S/C19H25N9.HI/c1-3-20-19(25-16-7-8-17-24-13(2)27-28(17)11-16)21-10-14-5-4-6-15(9-14)18-22-12-23-26-18;/h4-6,9,12,16H,3,7-8,10-11H2,1-2H3,(H2,20,21,25)(H,22,23,26);1H. The largest absolute Gasteiger partial charge is 0.357 e. The van der Waals surface area contributed by atoms with Crippen LogP contribution in [0.2, 0.25) is 0 Å². The number of fused-ring (bicyclic) bond motifs is 1. The second kappa shape index (κ2) is 9.81. The molecule has 1 unspecified atom stereocenters. The number of halogens is 1. The van der Waals surface area contributed by atoms with Crippen LogP contribution in [0.4, 0.5) is 0 Å². The van der Waals surface area contributed by atoms with E-state index in [0.717, 1.165) is 60.5 Å². The van der Waals surface area contributed by atoms with Crippen molar-refractivity contribution in [2.75, 3.05) is 6.54 Å². The lowest BCUT2D eigenvalue weighted by molar-refractivity contribution is 0.392. The smallest absolute Gasteiger partial charge is 0.191 e. The van der Waals surface area contributed by atoms with Crippen molar-refractivity contribution in [1.29, 1.82) is 0 Å². The Labute approximate surface area is 186 Å². The topological polar surface area (TPSA) is 109 Å². The molecule has 0 saturated heterocycles. The molecule has 1 aliphatic rings. The molecule has 154 valence electrons. The van der Waals surface area contributed by atoms with E-state index in [2.05, 4.69) is 55.0 Å². The number of hydrogen-bond acceptors (Lipinski definition) is 5. The molecule has 0 aliphatic carbocycles. The maximum atomic E-state index is 4.76. The average Bonchev–Trinajstić information content (AvgIpc) is 3.35. The molecule has 0 bridgehead atoms. The fourth-order valence-corrected chi connectivity index (χ4v) is 3.40. The number of aromatic nitrogens is 6. The molecule has 3 heterocycles. The molecular formula is C19H26IN9. The quantitative estimate of drug-likeness (QED) is 0.277. The number of hydrogen-bond donors (Lipinski definition) is 3. The summed E-state index contributed by atoms with van der Waals surface area (Å²) in [6.45, 7) is 6.21. The van der Waals surface area contributed by atoms with Gasteiger partial charge in [-0.05, 0) is 31.9 Å². The van der Waals surface area contributed by atoms with Crippen molar-refractivity contribution in [3.05, 3.63) is 47.8 Å². The van der Waals surface area contributed by atoms with Crippen LogP contribution in [0.3, 0.4) is 0 Å². The molecule has 0 saturated carbocycles. The molecule has 0 spiro atoms. The zero-order chi connectivity index (χ0) is 19.3. The first-order chi connectivity index (χ1) is 13.7. The van der Waals surface area contributed by atoms with Gasteiger partial charge in [-0.3, -0.25) is 5.10 Å². The number of aromatic amines is 1. The Hall–Kier alpha value is -2.50. The van der Waals surface area contributed by atoms with Crippen molar-refractivity contribution in [3.63, 3.8) is 0 Å². The summed E-state index contributed by atoms with van der Waals surface area (Å²) in [4.78, 5) is 13.4. The Morgan fingerprint density at radius 1 is 1.38 bits per heavy atom. The predicted octanol–water partition coefficient (Wildman–Crippen LogP) is 2.06. The van der Waals surface area contributed by atoms with Gasteiger partial charge in [0, 0.05) is 24.6 Å². The molecule has 0 fully saturated rings. The van der Waals surface area contributed by atoms with Gasteiger partial charge in [-0.2, -0.15) is 10.2 Å². The second-order valence-corrected chi connectivity index (χ2v) is 6.87. The molecule has 10 heteroatoms. The van der Waals surface area contributed by atoms with Crippen LogP contribution in [0, 0.1) is 6.92 Å². The monoisotopic (exact) mass is 507 g/mol. The van der Waals surface area contributed by atoms with Gasteiger partial charge >= 0.3 is 0 Å². The van der Waals surface area contributed by atoms with Crippen LogP contribution in [-0.4, -0.2) is 48.5 Å². The van der Waals surface area contributed by atoms with Crippen LogP contribution in [0.25, 0.3) is 11.4 Å². The number of benzene rings is 1. The fourth-order valence-electron chi connectivity index (χ4n) is 3.40. The summed E-state index contributed by atoms with van der Waals surface area (Å²) in [5.74, 6) is 3.49. The number of aryl methyl sites for hydroxylation is 2. The van der Waals surface area contributed by atoms with E-state index < -0.39 is 0 Å². The number of rotatable bonds is 5. The number of nitrogens with zero attached hydrogens (tertiary/aromatic N) is 6. The van der Waals surface area contributed by atoms with E-state index in [1.165, 1.54) is 6.33 Å². The summed E-state index contributed by atoms with van der Waals surface area (Å²) in [7, 11) is 0. The lowest BCUT2D eigenvalue weighted by Crippen LogP contribution is -2.47. The van der Waals surface area contributed by atoms with Crippen LogP contribution in [0.1, 0.15) is 30.6 Å². The number of guanidine groups is 1. The lowest BCUT2D eigenvalue weighted by Gasteiger charge is -2.25. The molecule has 0 amide bonds. The first-order valence-corrected chi connectivity index (χ1v) is 9.61. The van der Waals surface area contributed by atoms with Crippen molar-refractivity contribution in [2.45, 2.75) is 45.8 Å². The molecule has 1 atom stereocenters. The van der Waals surface area contributed by atoms with Gasteiger partial charge in [0.05, 0.1) is 13.1 Å². The van der Waals surface area contributed by atoms with E-state index in [4.69, 9.17) is 4.99 Å². The van der Waals surface area contributed by atoms with Crippen molar-refractivity contribution < 1.29 is 0 Å². The van der Waals surface area contributed by atoms with Crippen molar-refractivity contribution in [2.24, 2.45) is 4.99 Å². The Balaban J connectivity index is 0.00000240. The fraction of sp³-hybridized carbons (Fsp3) is 0.421. The third-order valence-corrected chi connectivity index (χ3v) is 4.68. The molecular weight excluding hydrogens is 481 g/mol. The van der Waals surface area contributed by atoms with Gasteiger partial charge in [-0.25, -0.2) is 19.6 Å². The average molecular weight is 507 g/mol. The Morgan fingerprint density at radius 2 is 2.28 bits per heavy atom. The van der Waals surface area contributed by atoms with Crippen molar-refractivity contribution in [3.8, 4) is 11.4 Å². The highest BCUT2D eigenvalue weighted by molar-refractivity contribution is 14.0. The van der Waals surface area contributed by atoms with Gasteiger partial charge in [0.25, 0.3) is 0 Å². The van der Waals surface area contributed by atoms with Crippen LogP contribution >= 0.6 is 24.0 Å². The van der Waals surface area contributed by atoms with Crippen LogP contribution in [-0.2, 0) is 19.5 Å². The normalized spacial score (nSPS) is 16.1. The van der Waals surface area contributed by atoms with Gasteiger partial charge in [0.15, 0.2) is 11.8 Å². The molecule has 2 aromatic heterocycles. The highest BCUT2D eigenvalue weighted by Gasteiger charge is 2.21. The van der Waals surface area contributed by atoms with E-state index >= 15 is 0 Å². The summed E-state index contributed by atoms with van der Waals surface area (Å²) in [5, 5.41) is 18.2. The maximum Gasteiger partial charge on any atom is 0.191 e. The first kappa shape index (κ1) is 21.2. The first-order valence-electron chi connectivity index (χ1n) is 9.61. The Morgan fingerprint density at radius 3 is 3.07 bits per heavy atom. The minimum absolute atomic E-state index is 0. The minimum Gasteiger partial charge on any atom is -0.357 e. The zero-order valence-corrected chi connectivity index (χ0v) is 18.9. The third-order valence-electron chi connectivity index (χ3n) is 4.68. The molecule has 1 aliphatic heterocycles.